The molecule has 0 aromatic heterocycles. The Hall–Kier alpha value is -2.56. The van der Waals surface area contributed by atoms with Gasteiger partial charge in [0.05, 0.1) is 0 Å². The van der Waals surface area contributed by atoms with Crippen molar-refractivity contribution in [3.63, 3.8) is 0 Å². The molecule has 3 aromatic rings. The number of fused-ring (bicyclic) bond motifs is 1. The third-order valence-electron chi connectivity index (χ3n) is 3.31. The molecule has 3 aromatic carbocycles. The molecule has 96 valence electrons. The van der Waals surface area contributed by atoms with E-state index in [-0.39, 0.29) is 6.61 Å². The van der Waals surface area contributed by atoms with Crippen LogP contribution in [0.3, 0.4) is 0 Å². The second kappa shape index (κ2) is 5.61. The molecule has 0 aliphatic heterocycles. The van der Waals surface area contributed by atoms with Crippen LogP contribution in [0.15, 0.2) is 66.7 Å². The van der Waals surface area contributed by atoms with Crippen molar-refractivity contribution >= 4 is 10.8 Å². The Morgan fingerprint density at radius 2 is 1.45 bits per heavy atom. The number of aliphatic hydroxyl groups is 1. The third-order valence-corrected chi connectivity index (χ3v) is 3.31. The van der Waals surface area contributed by atoms with Gasteiger partial charge in [-0.1, -0.05) is 72.5 Å². The van der Waals surface area contributed by atoms with E-state index in [1.807, 2.05) is 30.3 Å². The largest absolute Gasteiger partial charge is 0.384 e. The van der Waals surface area contributed by atoms with E-state index in [1.165, 1.54) is 16.3 Å². The fourth-order valence-corrected chi connectivity index (χ4v) is 2.42. The molecule has 0 saturated carbocycles. The predicted molar refractivity (Wildman–Crippen MR) is 83.3 cm³/mol. The van der Waals surface area contributed by atoms with Crippen molar-refractivity contribution in [2.24, 2.45) is 0 Å². The molecule has 1 nitrogen and oxygen atoms in total. The van der Waals surface area contributed by atoms with Gasteiger partial charge in [-0.3, -0.25) is 0 Å². The Morgan fingerprint density at radius 1 is 0.750 bits per heavy atom. The van der Waals surface area contributed by atoms with Gasteiger partial charge in [0.25, 0.3) is 0 Å². The van der Waals surface area contributed by atoms with Crippen LogP contribution in [-0.4, -0.2) is 11.7 Å². The highest BCUT2D eigenvalue weighted by molar-refractivity contribution is 5.97. The summed E-state index contributed by atoms with van der Waals surface area (Å²) < 4.78 is 0. The van der Waals surface area contributed by atoms with Crippen LogP contribution in [0.25, 0.3) is 21.9 Å². The van der Waals surface area contributed by atoms with Crippen LogP contribution < -0.4 is 0 Å². The topological polar surface area (TPSA) is 20.2 Å². The first kappa shape index (κ1) is 12.5. The van der Waals surface area contributed by atoms with Crippen molar-refractivity contribution in [1.82, 2.24) is 0 Å². The zero-order valence-corrected chi connectivity index (χ0v) is 11.0. The first-order valence-electron chi connectivity index (χ1n) is 6.57. The highest BCUT2D eigenvalue weighted by Crippen LogP contribution is 2.30. The van der Waals surface area contributed by atoms with Crippen LogP contribution in [0.5, 0.6) is 0 Å². The second-order valence-corrected chi connectivity index (χ2v) is 4.53. The van der Waals surface area contributed by atoms with E-state index >= 15 is 0 Å². The molecule has 3 rings (SSSR count). The number of hydrogen-bond donors (Lipinski definition) is 1. The Bertz CT molecular complexity index is 801. The van der Waals surface area contributed by atoms with Crippen molar-refractivity contribution in [2.75, 3.05) is 6.61 Å². The van der Waals surface area contributed by atoms with Crippen molar-refractivity contribution in [2.45, 2.75) is 0 Å². The first-order chi connectivity index (χ1) is 9.90. The first-order valence-corrected chi connectivity index (χ1v) is 6.57. The molecular weight excluding hydrogens is 244 g/mol. The van der Waals surface area contributed by atoms with E-state index in [0.29, 0.717) is 0 Å². The summed E-state index contributed by atoms with van der Waals surface area (Å²) in [6, 6.07) is 22.7. The molecule has 0 aliphatic rings. The molecule has 1 heteroatoms. The summed E-state index contributed by atoms with van der Waals surface area (Å²) in [6.07, 6.45) is 0. The molecule has 20 heavy (non-hydrogen) atoms. The van der Waals surface area contributed by atoms with Gasteiger partial charge in [0.2, 0.25) is 0 Å². The maximum atomic E-state index is 8.89. The van der Waals surface area contributed by atoms with E-state index in [9.17, 15) is 0 Å². The molecule has 0 bridgehead atoms. The normalized spacial score (nSPS) is 10.1. The third kappa shape index (κ3) is 2.30. The lowest BCUT2D eigenvalue weighted by molar-refractivity contribution is 0.350. The summed E-state index contributed by atoms with van der Waals surface area (Å²) in [6.45, 7) is -0.121. The van der Waals surface area contributed by atoms with E-state index in [0.717, 1.165) is 11.1 Å². The minimum absolute atomic E-state index is 0.121. The molecule has 1 N–H and O–H groups in total. The maximum Gasteiger partial charge on any atom is 0.104 e. The van der Waals surface area contributed by atoms with Crippen molar-refractivity contribution < 1.29 is 5.11 Å². The average molecular weight is 258 g/mol. The summed E-state index contributed by atoms with van der Waals surface area (Å²) in [7, 11) is 0. The quantitative estimate of drug-likeness (QED) is 0.657. The van der Waals surface area contributed by atoms with Crippen molar-refractivity contribution in [1.29, 1.82) is 0 Å². The van der Waals surface area contributed by atoms with Gasteiger partial charge in [-0.2, -0.15) is 0 Å². The SMILES string of the molecule is OCC#Cc1ccccc1-c1cccc2ccccc12. The summed E-state index contributed by atoms with van der Waals surface area (Å²) in [5.74, 6) is 5.75. The van der Waals surface area contributed by atoms with Crippen LogP contribution in [0.2, 0.25) is 0 Å². The lowest BCUT2D eigenvalue weighted by Gasteiger charge is -2.09. The van der Waals surface area contributed by atoms with Crippen molar-refractivity contribution in [3.8, 4) is 23.0 Å². The number of rotatable bonds is 1. The van der Waals surface area contributed by atoms with E-state index in [1.54, 1.807) is 0 Å². The van der Waals surface area contributed by atoms with Crippen LogP contribution in [0, 0.1) is 11.8 Å². The molecule has 0 aliphatic carbocycles. The van der Waals surface area contributed by atoms with E-state index in [2.05, 4.69) is 48.2 Å². The lowest BCUT2D eigenvalue weighted by Crippen LogP contribution is -1.86. The smallest absolute Gasteiger partial charge is 0.104 e. The molecular formula is C19H14O. The minimum atomic E-state index is -0.121. The van der Waals surface area contributed by atoms with Gasteiger partial charge >= 0.3 is 0 Å². The fraction of sp³-hybridized carbons (Fsp3) is 0.0526. The summed E-state index contributed by atoms with van der Waals surface area (Å²) >= 11 is 0. The van der Waals surface area contributed by atoms with Gasteiger partial charge in [-0.25, -0.2) is 0 Å². The Morgan fingerprint density at radius 3 is 2.35 bits per heavy atom. The average Bonchev–Trinajstić information content (AvgIpc) is 2.53. The Labute approximate surface area is 118 Å². The molecule has 0 saturated heterocycles. The van der Waals surface area contributed by atoms with E-state index < -0.39 is 0 Å². The van der Waals surface area contributed by atoms with Crippen LogP contribution >= 0.6 is 0 Å². The lowest BCUT2D eigenvalue weighted by atomic mass is 9.95. The standard InChI is InChI=1S/C19H14O/c20-14-6-10-16-8-2-4-12-18(16)19-13-5-9-15-7-1-3-11-17(15)19/h1-5,7-9,11-13,20H,14H2. The van der Waals surface area contributed by atoms with Crippen LogP contribution in [-0.2, 0) is 0 Å². The molecule has 0 unspecified atom stereocenters. The van der Waals surface area contributed by atoms with Gasteiger partial charge in [0, 0.05) is 5.56 Å². The molecule has 0 amide bonds. The van der Waals surface area contributed by atoms with Gasteiger partial charge in [-0.15, -0.1) is 0 Å². The van der Waals surface area contributed by atoms with Gasteiger partial charge in [0.15, 0.2) is 0 Å². The highest BCUT2D eigenvalue weighted by atomic mass is 16.2. The predicted octanol–water partition coefficient (Wildman–Crippen LogP) is 3.85. The summed E-state index contributed by atoms with van der Waals surface area (Å²) in [5.41, 5.74) is 3.22. The minimum Gasteiger partial charge on any atom is -0.384 e. The molecule has 0 heterocycles. The fourth-order valence-electron chi connectivity index (χ4n) is 2.42. The van der Waals surface area contributed by atoms with Gasteiger partial charge in [0.1, 0.15) is 6.61 Å². The zero-order valence-electron chi connectivity index (χ0n) is 11.0. The molecule has 0 radical (unpaired) electrons. The molecule has 0 spiro atoms. The van der Waals surface area contributed by atoms with E-state index in [4.69, 9.17) is 5.11 Å². The Kier molecular flexibility index (Phi) is 3.50. The number of benzene rings is 3. The zero-order chi connectivity index (χ0) is 13.8. The summed E-state index contributed by atoms with van der Waals surface area (Å²) in [5, 5.41) is 11.3. The maximum absolute atomic E-state index is 8.89. The number of aliphatic hydroxyl groups excluding tert-OH is 1. The van der Waals surface area contributed by atoms with Crippen LogP contribution in [0.4, 0.5) is 0 Å². The monoisotopic (exact) mass is 258 g/mol. The van der Waals surface area contributed by atoms with Crippen molar-refractivity contribution in [3.05, 3.63) is 72.3 Å². The van der Waals surface area contributed by atoms with Gasteiger partial charge < -0.3 is 5.11 Å². The summed E-state index contributed by atoms with van der Waals surface area (Å²) in [4.78, 5) is 0. The number of hydrogen-bond acceptors (Lipinski definition) is 1. The molecule has 0 fully saturated rings. The second-order valence-electron chi connectivity index (χ2n) is 4.53. The van der Waals surface area contributed by atoms with Crippen LogP contribution in [0.1, 0.15) is 5.56 Å². The van der Waals surface area contributed by atoms with Gasteiger partial charge in [-0.05, 0) is 28.0 Å². The molecule has 0 atom stereocenters. The highest BCUT2D eigenvalue weighted by Gasteiger charge is 2.06. The Balaban J connectivity index is 2.26.